The average molecular weight is 270 g/mol. The fraction of sp³-hybridized carbons (Fsp3) is 0.0625. The smallest absolute Gasteiger partial charge is 0.0917 e. The molecular formula is C16H12ClNO. The van der Waals surface area contributed by atoms with Crippen LogP contribution < -0.4 is 0 Å². The molecule has 2 nitrogen and oxygen atoms in total. The largest absolute Gasteiger partial charge is 0.411 e. The lowest BCUT2D eigenvalue weighted by Crippen LogP contribution is -2.05. The summed E-state index contributed by atoms with van der Waals surface area (Å²) >= 11 is 6.07. The molecule has 0 fully saturated rings. The fourth-order valence-electron chi connectivity index (χ4n) is 2.49. The predicted molar refractivity (Wildman–Crippen MR) is 78.1 cm³/mol. The maximum atomic E-state index is 9.26. The van der Waals surface area contributed by atoms with Crippen molar-refractivity contribution in [1.82, 2.24) is 0 Å². The van der Waals surface area contributed by atoms with Crippen molar-refractivity contribution in [2.75, 3.05) is 0 Å². The second-order valence-corrected chi connectivity index (χ2v) is 4.99. The monoisotopic (exact) mass is 269 g/mol. The van der Waals surface area contributed by atoms with Gasteiger partial charge in [0.15, 0.2) is 0 Å². The third kappa shape index (κ3) is 1.94. The van der Waals surface area contributed by atoms with E-state index >= 15 is 0 Å². The van der Waals surface area contributed by atoms with Crippen LogP contribution >= 0.6 is 11.6 Å². The summed E-state index contributed by atoms with van der Waals surface area (Å²) in [7, 11) is 0. The van der Waals surface area contributed by atoms with E-state index in [9.17, 15) is 5.21 Å². The number of fused-ring (bicyclic) bond motifs is 2. The van der Waals surface area contributed by atoms with Gasteiger partial charge in [-0.25, -0.2) is 0 Å². The summed E-state index contributed by atoms with van der Waals surface area (Å²) in [5.41, 5.74) is 5.54. The van der Waals surface area contributed by atoms with Gasteiger partial charge in [-0.1, -0.05) is 53.7 Å². The zero-order valence-electron chi connectivity index (χ0n) is 10.2. The SMILES string of the molecule is C=C1c2cc(Cl)ccc2C/C(=N\O)c2ccccc21. The molecule has 3 rings (SSSR count). The molecule has 0 bridgehead atoms. The molecule has 0 atom stereocenters. The molecule has 0 amide bonds. The molecule has 19 heavy (non-hydrogen) atoms. The van der Waals surface area contributed by atoms with Crippen molar-refractivity contribution in [2.24, 2.45) is 5.16 Å². The van der Waals surface area contributed by atoms with Crippen molar-refractivity contribution >= 4 is 22.9 Å². The molecule has 2 aromatic rings. The summed E-state index contributed by atoms with van der Waals surface area (Å²) in [6, 6.07) is 13.5. The van der Waals surface area contributed by atoms with Gasteiger partial charge in [-0.15, -0.1) is 0 Å². The summed E-state index contributed by atoms with van der Waals surface area (Å²) in [4.78, 5) is 0. The van der Waals surface area contributed by atoms with Crippen LogP contribution in [0.25, 0.3) is 5.57 Å². The second-order valence-electron chi connectivity index (χ2n) is 4.55. The van der Waals surface area contributed by atoms with E-state index in [1.165, 1.54) is 0 Å². The Kier molecular flexibility index (Phi) is 2.88. The van der Waals surface area contributed by atoms with Gasteiger partial charge in [0.1, 0.15) is 0 Å². The van der Waals surface area contributed by atoms with Crippen molar-refractivity contribution in [3.05, 3.63) is 76.3 Å². The first-order valence-electron chi connectivity index (χ1n) is 5.99. The van der Waals surface area contributed by atoms with Crippen LogP contribution in [0.5, 0.6) is 0 Å². The van der Waals surface area contributed by atoms with Gasteiger partial charge in [0.25, 0.3) is 0 Å². The Balaban J connectivity index is 2.31. The maximum Gasteiger partial charge on any atom is 0.0917 e. The molecule has 0 heterocycles. The summed E-state index contributed by atoms with van der Waals surface area (Å²) in [6.07, 6.45) is 0.568. The maximum absolute atomic E-state index is 9.26. The minimum absolute atomic E-state index is 0.568. The van der Waals surface area contributed by atoms with E-state index in [0.717, 1.165) is 27.8 Å². The third-order valence-corrected chi connectivity index (χ3v) is 3.67. The van der Waals surface area contributed by atoms with Crippen LogP contribution in [0.15, 0.2) is 54.2 Å². The number of oxime groups is 1. The summed E-state index contributed by atoms with van der Waals surface area (Å²) < 4.78 is 0. The number of halogens is 1. The molecule has 1 N–H and O–H groups in total. The van der Waals surface area contributed by atoms with E-state index in [2.05, 4.69) is 11.7 Å². The number of hydrogen-bond donors (Lipinski definition) is 1. The van der Waals surface area contributed by atoms with E-state index in [1.807, 2.05) is 42.5 Å². The van der Waals surface area contributed by atoms with E-state index in [0.29, 0.717) is 17.2 Å². The molecular weight excluding hydrogens is 258 g/mol. The van der Waals surface area contributed by atoms with Gasteiger partial charge in [0, 0.05) is 17.0 Å². The van der Waals surface area contributed by atoms with Gasteiger partial charge in [0.2, 0.25) is 0 Å². The van der Waals surface area contributed by atoms with Gasteiger partial charge in [-0.3, -0.25) is 0 Å². The van der Waals surface area contributed by atoms with Crippen molar-refractivity contribution in [2.45, 2.75) is 6.42 Å². The molecule has 1 aliphatic rings. The van der Waals surface area contributed by atoms with Crippen LogP contribution in [0, 0.1) is 0 Å². The number of rotatable bonds is 0. The van der Waals surface area contributed by atoms with Crippen molar-refractivity contribution in [3.63, 3.8) is 0 Å². The van der Waals surface area contributed by atoms with Crippen molar-refractivity contribution < 1.29 is 5.21 Å². The number of benzene rings is 2. The van der Waals surface area contributed by atoms with Gasteiger partial charge in [0.05, 0.1) is 5.71 Å². The van der Waals surface area contributed by atoms with Crippen molar-refractivity contribution in [3.8, 4) is 0 Å². The Labute approximate surface area is 116 Å². The minimum Gasteiger partial charge on any atom is -0.411 e. The molecule has 0 unspecified atom stereocenters. The molecule has 3 heteroatoms. The van der Waals surface area contributed by atoms with Gasteiger partial charge in [-0.2, -0.15) is 0 Å². The van der Waals surface area contributed by atoms with Crippen LogP contribution in [0.4, 0.5) is 0 Å². The van der Waals surface area contributed by atoms with Crippen LogP contribution in [0.3, 0.4) is 0 Å². The van der Waals surface area contributed by atoms with Gasteiger partial charge >= 0.3 is 0 Å². The number of nitrogens with zero attached hydrogens (tertiary/aromatic N) is 1. The van der Waals surface area contributed by atoms with Crippen LogP contribution in [0.2, 0.25) is 5.02 Å². The molecule has 0 aliphatic heterocycles. The first kappa shape index (κ1) is 12.0. The van der Waals surface area contributed by atoms with Crippen LogP contribution in [-0.2, 0) is 6.42 Å². The highest BCUT2D eigenvalue weighted by atomic mass is 35.5. The highest BCUT2D eigenvalue weighted by Crippen LogP contribution is 2.33. The summed E-state index contributed by atoms with van der Waals surface area (Å²) in [5.74, 6) is 0. The van der Waals surface area contributed by atoms with E-state index < -0.39 is 0 Å². The fourth-order valence-corrected chi connectivity index (χ4v) is 2.66. The van der Waals surface area contributed by atoms with Gasteiger partial charge < -0.3 is 5.21 Å². The first-order chi connectivity index (χ1) is 9.20. The highest BCUT2D eigenvalue weighted by Gasteiger charge is 2.21. The summed E-state index contributed by atoms with van der Waals surface area (Å²) in [6.45, 7) is 4.17. The predicted octanol–water partition coefficient (Wildman–Crippen LogP) is 4.14. The Morgan fingerprint density at radius 1 is 1.05 bits per heavy atom. The lowest BCUT2D eigenvalue weighted by atomic mass is 9.95. The Morgan fingerprint density at radius 2 is 1.79 bits per heavy atom. The molecule has 2 aromatic carbocycles. The molecule has 0 saturated carbocycles. The molecule has 0 aromatic heterocycles. The molecule has 0 radical (unpaired) electrons. The zero-order valence-corrected chi connectivity index (χ0v) is 11.0. The Hall–Kier alpha value is -2.06. The third-order valence-electron chi connectivity index (χ3n) is 3.44. The van der Waals surface area contributed by atoms with Crippen LogP contribution in [-0.4, -0.2) is 10.9 Å². The highest BCUT2D eigenvalue weighted by molar-refractivity contribution is 6.30. The second kappa shape index (κ2) is 4.56. The first-order valence-corrected chi connectivity index (χ1v) is 6.37. The topological polar surface area (TPSA) is 32.6 Å². The van der Waals surface area contributed by atoms with E-state index in [-0.39, 0.29) is 0 Å². The lowest BCUT2D eigenvalue weighted by Gasteiger charge is -2.09. The van der Waals surface area contributed by atoms with E-state index in [4.69, 9.17) is 11.6 Å². The summed E-state index contributed by atoms with van der Waals surface area (Å²) in [5, 5.41) is 13.4. The van der Waals surface area contributed by atoms with Gasteiger partial charge in [-0.05, 0) is 34.4 Å². The molecule has 94 valence electrons. The lowest BCUT2D eigenvalue weighted by molar-refractivity contribution is 0.318. The van der Waals surface area contributed by atoms with Crippen LogP contribution in [0.1, 0.15) is 22.3 Å². The van der Waals surface area contributed by atoms with E-state index in [1.54, 1.807) is 0 Å². The quantitative estimate of drug-likeness (QED) is 0.566. The molecule has 0 saturated heterocycles. The number of hydrogen-bond acceptors (Lipinski definition) is 2. The zero-order chi connectivity index (χ0) is 13.4. The van der Waals surface area contributed by atoms with Crippen molar-refractivity contribution in [1.29, 1.82) is 0 Å². The molecule has 0 spiro atoms. The Morgan fingerprint density at radius 3 is 2.53 bits per heavy atom. The molecule has 1 aliphatic carbocycles. The normalized spacial score (nSPS) is 15.8. The minimum atomic E-state index is 0.568. The standard InChI is InChI=1S/C16H12ClNO/c1-10-13-4-2-3-5-14(13)16(18-19)8-11-6-7-12(17)9-15(10)11/h2-7,9,19H,1,8H2/b18-16+. The Bertz CT molecular complexity index is 704. The average Bonchev–Trinajstić information content (AvgIpc) is 2.55.